The van der Waals surface area contributed by atoms with Crippen LogP contribution in [0.2, 0.25) is 0 Å². The third-order valence-corrected chi connectivity index (χ3v) is 6.28. The lowest BCUT2D eigenvalue weighted by Crippen LogP contribution is -2.33. The summed E-state index contributed by atoms with van der Waals surface area (Å²) in [7, 11) is -3.93. The van der Waals surface area contributed by atoms with Crippen LogP contribution in [0.25, 0.3) is 10.9 Å². The van der Waals surface area contributed by atoms with Gasteiger partial charge < -0.3 is 4.98 Å². The first-order valence-corrected chi connectivity index (χ1v) is 10.4. The van der Waals surface area contributed by atoms with Crippen LogP contribution < -0.4 is 5.56 Å². The van der Waals surface area contributed by atoms with Crippen LogP contribution in [-0.4, -0.2) is 29.2 Å². The van der Waals surface area contributed by atoms with Crippen LogP contribution in [-0.2, 0) is 16.6 Å². The molecule has 0 saturated carbocycles. The van der Waals surface area contributed by atoms with Crippen molar-refractivity contribution in [2.75, 3.05) is 6.54 Å². The van der Waals surface area contributed by atoms with Gasteiger partial charge in [0.2, 0.25) is 10.0 Å². The van der Waals surface area contributed by atoms with E-state index in [-0.39, 0.29) is 34.9 Å². The fraction of sp³-hybridized carbons (Fsp3) is 0.250. The molecule has 144 valence electrons. The standard InChI is InChI=1S/C20H20N4O3S/c1-2-3-12-24(28(26,27)18-11-7-4-8-15(18)13-21)14-19-22-17-10-6-5-9-16(17)20(25)23-19/h4-11H,2-3,12,14H2,1H3,(H,22,23,25). The minimum Gasteiger partial charge on any atom is -0.309 e. The molecule has 2 aromatic carbocycles. The molecule has 0 spiro atoms. The van der Waals surface area contributed by atoms with Crippen molar-refractivity contribution in [3.05, 3.63) is 70.3 Å². The molecule has 0 bridgehead atoms. The summed E-state index contributed by atoms with van der Waals surface area (Å²) >= 11 is 0. The van der Waals surface area contributed by atoms with Gasteiger partial charge in [-0.15, -0.1) is 0 Å². The van der Waals surface area contributed by atoms with Crippen molar-refractivity contribution in [1.82, 2.24) is 14.3 Å². The summed E-state index contributed by atoms with van der Waals surface area (Å²) in [4.78, 5) is 19.3. The van der Waals surface area contributed by atoms with Crippen molar-refractivity contribution in [2.24, 2.45) is 0 Å². The van der Waals surface area contributed by atoms with E-state index in [1.54, 1.807) is 36.4 Å². The number of sulfonamides is 1. The molecular formula is C20H20N4O3S. The molecule has 1 aromatic heterocycles. The van der Waals surface area contributed by atoms with Crippen LogP contribution in [0.15, 0.2) is 58.2 Å². The molecule has 3 rings (SSSR count). The van der Waals surface area contributed by atoms with Gasteiger partial charge in [0.15, 0.2) is 0 Å². The zero-order valence-corrected chi connectivity index (χ0v) is 16.2. The zero-order chi connectivity index (χ0) is 20.1. The maximum Gasteiger partial charge on any atom is 0.258 e. The number of para-hydroxylation sites is 1. The van der Waals surface area contributed by atoms with E-state index < -0.39 is 10.0 Å². The number of aromatic nitrogens is 2. The van der Waals surface area contributed by atoms with E-state index in [0.29, 0.717) is 17.3 Å². The van der Waals surface area contributed by atoms with Gasteiger partial charge in [-0.25, -0.2) is 13.4 Å². The molecule has 0 unspecified atom stereocenters. The molecule has 28 heavy (non-hydrogen) atoms. The maximum absolute atomic E-state index is 13.2. The monoisotopic (exact) mass is 396 g/mol. The van der Waals surface area contributed by atoms with Crippen molar-refractivity contribution in [1.29, 1.82) is 5.26 Å². The Morgan fingerprint density at radius 3 is 2.61 bits per heavy atom. The molecule has 0 aliphatic heterocycles. The lowest BCUT2D eigenvalue weighted by atomic mass is 10.2. The van der Waals surface area contributed by atoms with E-state index in [1.807, 2.05) is 13.0 Å². The number of benzene rings is 2. The van der Waals surface area contributed by atoms with Crippen LogP contribution in [0.3, 0.4) is 0 Å². The van der Waals surface area contributed by atoms with Gasteiger partial charge in [-0.2, -0.15) is 9.57 Å². The fourth-order valence-corrected chi connectivity index (χ4v) is 4.50. The molecule has 0 amide bonds. The highest BCUT2D eigenvalue weighted by Gasteiger charge is 2.27. The number of fused-ring (bicyclic) bond motifs is 1. The average molecular weight is 396 g/mol. The third-order valence-electron chi connectivity index (χ3n) is 4.37. The topological polar surface area (TPSA) is 107 Å². The van der Waals surface area contributed by atoms with Gasteiger partial charge in [0, 0.05) is 6.54 Å². The van der Waals surface area contributed by atoms with Gasteiger partial charge in [-0.05, 0) is 30.7 Å². The number of unbranched alkanes of at least 4 members (excludes halogenated alkanes) is 1. The Labute approximate surface area is 163 Å². The molecule has 0 fully saturated rings. The van der Waals surface area contributed by atoms with E-state index >= 15 is 0 Å². The minimum atomic E-state index is -3.93. The minimum absolute atomic E-state index is 0.0447. The zero-order valence-electron chi connectivity index (χ0n) is 15.4. The Bertz CT molecular complexity index is 1200. The van der Waals surface area contributed by atoms with Crippen LogP contribution in [0.1, 0.15) is 31.2 Å². The number of rotatable bonds is 7. The van der Waals surface area contributed by atoms with Crippen molar-refractivity contribution in [3.63, 3.8) is 0 Å². The predicted octanol–water partition coefficient (Wildman–Crippen LogP) is 2.79. The van der Waals surface area contributed by atoms with Crippen LogP contribution in [0, 0.1) is 11.3 Å². The lowest BCUT2D eigenvalue weighted by Gasteiger charge is -2.22. The van der Waals surface area contributed by atoms with Gasteiger partial charge in [-0.3, -0.25) is 4.79 Å². The van der Waals surface area contributed by atoms with Crippen LogP contribution in [0.4, 0.5) is 0 Å². The number of H-pyrrole nitrogens is 1. The van der Waals surface area contributed by atoms with Crippen LogP contribution in [0.5, 0.6) is 0 Å². The van der Waals surface area contributed by atoms with Crippen molar-refractivity contribution < 1.29 is 8.42 Å². The Hall–Kier alpha value is -3.02. The molecule has 0 aliphatic carbocycles. The average Bonchev–Trinajstić information content (AvgIpc) is 2.71. The molecule has 1 heterocycles. The smallest absolute Gasteiger partial charge is 0.258 e. The summed E-state index contributed by atoms with van der Waals surface area (Å²) in [6.07, 6.45) is 1.44. The highest BCUT2D eigenvalue weighted by Crippen LogP contribution is 2.21. The molecule has 1 N–H and O–H groups in total. The van der Waals surface area contributed by atoms with Gasteiger partial charge in [0.1, 0.15) is 11.9 Å². The second-order valence-electron chi connectivity index (χ2n) is 6.33. The molecule has 0 radical (unpaired) electrons. The normalized spacial score (nSPS) is 11.6. The van der Waals surface area contributed by atoms with E-state index in [1.165, 1.54) is 16.4 Å². The Morgan fingerprint density at radius 2 is 1.86 bits per heavy atom. The van der Waals surface area contributed by atoms with E-state index in [2.05, 4.69) is 9.97 Å². The quantitative estimate of drug-likeness (QED) is 0.661. The molecule has 7 nitrogen and oxygen atoms in total. The second-order valence-corrected chi connectivity index (χ2v) is 8.24. The van der Waals surface area contributed by atoms with Crippen LogP contribution >= 0.6 is 0 Å². The van der Waals surface area contributed by atoms with E-state index in [9.17, 15) is 18.5 Å². The number of hydrogen-bond donors (Lipinski definition) is 1. The van der Waals surface area contributed by atoms with Gasteiger partial charge in [0.25, 0.3) is 5.56 Å². The SMILES string of the molecule is CCCCN(Cc1nc2ccccc2c(=O)[nH]1)S(=O)(=O)c1ccccc1C#N. The number of nitrogens with one attached hydrogen (secondary N) is 1. The largest absolute Gasteiger partial charge is 0.309 e. The summed E-state index contributed by atoms with van der Waals surface area (Å²) in [6, 6.07) is 14.9. The van der Waals surface area contributed by atoms with E-state index in [4.69, 9.17) is 0 Å². The number of hydrogen-bond acceptors (Lipinski definition) is 5. The third kappa shape index (κ3) is 3.96. The van der Waals surface area contributed by atoms with Crippen molar-refractivity contribution >= 4 is 20.9 Å². The first-order chi connectivity index (χ1) is 13.5. The second kappa shape index (κ2) is 8.33. The molecular weight excluding hydrogens is 376 g/mol. The summed E-state index contributed by atoms with van der Waals surface area (Å²) in [5.74, 6) is 0.262. The highest BCUT2D eigenvalue weighted by molar-refractivity contribution is 7.89. The lowest BCUT2D eigenvalue weighted by molar-refractivity contribution is 0.389. The maximum atomic E-state index is 13.2. The van der Waals surface area contributed by atoms with Crippen molar-refractivity contribution in [2.45, 2.75) is 31.2 Å². The number of nitriles is 1. The Kier molecular flexibility index (Phi) is 5.87. The van der Waals surface area contributed by atoms with Gasteiger partial charge >= 0.3 is 0 Å². The Balaban J connectivity index is 2.04. The molecule has 0 atom stereocenters. The summed E-state index contributed by atoms with van der Waals surface area (Å²) in [5.41, 5.74) is 0.279. The summed E-state index contributed by atoms with van der Waals surface area (Å²) in [5, 5.41) is 9.74. The molecule has 8 heteroatoms. The summed E-state index contributed by atoms with van der Waals surface area (Å²) < 4.78 is 27.7. The van der Waals surface area contributed by atoms with Crippen molar-refractivity contribution in [3.8, 4) is 6.07 Å². The van der Waals surface area contributed by atoms with Gasteiger partial charge in [-0.1, -0.05) is 37.6 Å². The number of nitrogens with zero attached hydrogens (tertiary/aromatic N) is 3. The number of aromatic amines is 1. The fourth-order valence-electron chi connectivity index (χ4n) is 2.92. The predicted molar refractivity (Wildman–Crippen MR) is 106 cm³/mol. The molecule has 0 aliphatic rings. The summed E-state index contributed by atoms with van der Waals surface area (Å²) in [6.45, 7) is 2.14. The van der Waals surface area contributed by atoms with E-state index in [0.717, 1.165) is 6.42 Å². The Morgan fingerprint density at radius 1 is 1.14 bits per heavy atom. The molecule has 3 aromatic rings. The molecule has 0 saturated heterocycles. The first kappa shape index (κ1) is 19.7. The van der Waals surface area contributed by atoms with Gasteiger partial charge in [0.05, 0.1) is 27.9 Å². The first-order valence-electron chi connectivity index (χ1n) is 8.94. The highest BCUT2D eigenvalue weighted by atomic mass is 32.2.